The number of aliphatic hydroxyl groups is 1. The highest BCUT2D eigenvalue weighted by Gasteiger charge is 2.46. The van der Waals surface area contributed by atoms with Crippen molar-refractivity contribution in [2.75, 3.05) is 6.54 Å². The van der Waals surface area contributed by atoms with Gasteiger partial charge in [0, 0.05) is 37.2 Å². The predicted octanol–water partition coefficient (Wildman–Crippen LogP) is 2.93. The Kier molecular flexibility index (Phi) is 5.38. The van der Waals surface area contributed by atoms with Crippen molar-refractivity contribution in [1.82, 2.24) is 19.4 Å². The Bertz CT molecular complexity index is 1080. The lowest BCUT2D eigenvalue weighted by molar-refractivity contribution is -0.140. The van der Waals surface area contributed by atoms with E-state index < -0.39 is 23.5 Å². The third-order valence-corrected chi connectivity index (χ3v) is 5.00. The van der Waals surface area contributed by atoms with E-state index in [1.807, 2.05) is 10.8 Å². The van der Waals surface area contributed by atoms with Gasteiger partial charge in [0.2, 0.25) is 0 Å². The van der Waals surface area contributed by atoms with Gasteiger partial charge in [0.15, 0.2) is 0 Å². The lowest BCUT2D eigenvalue weighted by atomic mass is 9.98. The van der Waals surface area contributed by atoms with Gasteiger partial charge in [-0.05, 0) is 42.8 Å². The fourth-order valence-corrected chi connectivity index (χ4v) is 3.56. The number of hydrogen-bond acceptors (Lipinski definition) is 5. The lowest BCUT2D eigenvalue weighted by Gasteiger charge is -2.24. The molecule has 8 heteroatoms. The first kappa shape index (κ1) is 19.5. The third kappa shape index (κ3) is 3.71. The molecule has 1 amide bonds. The molecule has 1 fully saturated rings. The van der Waals surface area contributed by atoms with Crippen molar-refractivity contribution in [1.29, 1.82) is 0 Å². The van der Waals surface area contributed by atoms with Gasteiger partial charge in [0.05, 0.1) is 17.6 Å². The quantitative estimate of drug-likeness (QED) is 0.386. The number of pyridine rings is 1. The van der Waals surface area contributed by atoms with Gasteiger partial charge in [-0.1, -0.05) is 6.07 Å². The SMILES string of the molecule is O=C1C(=O)N(CCCn2ccnc2)C(c2ccccn2)/C1=C(\O)c1ccc(F)cc1. The zero-order valence-corrected chi connectivity index (χ0v) is 16.0. The van der Waals surface area contributed by atoms with Crippen LogP contribution in [0.3, 0.4) is 0 Å². The van der Waals surface area contributed by atoms with Gasteiger partial charge in [0.1, 0.15) is 17.6 Å². The molecule has 0 saturated carbocycles. The smallest absolute Gasteiger partial charge is 0.295 e. The van der Waals surface area contributed by atoms with Gasteiger partial charge in [-0.3, -0.25) is 14.6 Å². The van der Waals surface area contributed by atoms with Crippen LogP contribution in [-0.4, -0.2) is 42.8 Å². The minimum absolute atomic E-state index is 0.0482. The van der Waals surface area contributed by atoms with Crippen LogP contribution in [0.25, 0.3) is 5.76 Å². The van der Waals surface area contributed by atoms with E-state index in [9.17, 15) is 19.1 Å². The summed E-state index contributed by atoms with van der Waals surface area (Å²) < 4.78 is 15.2. The van der Waals surface area contributed by atoms with E-state index >= 15 is 0 Å². The topological polar surface area (TPSA) is 88.3 Å². The van der Waals surface area contributed by atoms with Gasteiger partial charge in [0.25, 0.3) is 11.7 Å². The first-order valence-electron chi connectivity index (χ1n) is 9.47. The normalized spacial score (nSPS) is 18.2. The summed E-state index contributed by atoms with van der Waals surface area (Å²) in [5.41, 5.74) is 0.685. The summed E-state index contributed by atoms with van der Waals surface area (Å²) in [6, 6.07) is 9.48. The number of aliphatic hydroxyl groups excluding tert-OH is 1. The Morgan fingerprint density at radius 2 is 1.87 bits per heavy atom. The van der Waals surface area contributed by atoms with Crippen LogP contribution in [0.1, 0.15) is 23.7 Å². The Hall–Kier alpha value is -3.81. The summed E-state index contributed by atoms with van der Waals surface area (Å²) in [7, 11) is 0. The van der Waals surface area contributed by atoms with Crippen molar-refractivity contribution in [3.05, 3.63) is 90.0 Å². The summed E-state index contributed by atoms with van der Waals surface area (Å²) in [5.74, 6) is -2.29. The van der Waals surface area contributed by atoms with Crippen LogP contribution < -0.4 is 0 Å². The number of aromatic nitrogens is 3. The van der Waals surface area contributed by atoms with Crippen LogP contribution in [0.4, 0.5) is 4.39 Å². The summed E-state index contributed by atoms with van der Waals surface area (Å²) in [6.07, 6.45) is 7.32. The number of amides is 1. The molecule has 30 heavy (non-hydrogen) atoms. The van der Waals surface area contributed by atoms with Gasteiger partial charge in [-0.25, -0.2) is 9.37 Å². The maximum absolute atomic E-state index is 13.3. The summed E-state index contributed by atoms with van der Waals surface area (Å²) >= 11 is 0. The lowest BCUT2D eigenvalue weighted by Crippen LogP contribution is -2.31. The largest absolute Gasteiger partial charge is 0.507 e. The standard InChI is InChI=1S/C22H19FN4O3/c23-16-7-5-15(6-8-16)20(28)18-19(17-4-1-2-9-25-17)27(22(30)21(18)29)12-3-11-26-13-10-24-14-26/h1-2,4-10,13-14,19,28H,3,11-12H2/b20-18+. The summed E-state index contributed by atoms with van der Waals surface area (Å²) in [5, 5.41) is 10.8. The highest BCUT2D eigenvalue weighted by molar-refractivity contribution is 6.46. The molecule has 3 heterocycles. The predicted molar refractivity (Wildman–Crippen MR) is 106 cm³/mol. The Labute approximate surface area is 172 Å². The van der Waals surface area contributed by atoms with Crippen LogP contribution in [0.5, 0.6) is 0 Å². The van der Waals surface area contributed by atoms with E-state index in [-0.39, 0.29) is 16.9 Å². The fraction of sp³-hybridized carbons (Fsp3) is 0.182. The second-order valence-electron chi connectivity index (χ2n) is 6.91. The average Bonchev–Trinajstić information content (AvgIpc) is 3.37. The van der Waals surface area contributed by atoms with Gasteiger partial charge >= 0.3 is 0 Å². The molecule has 1 unspecified atom stereocenters. The van der Waals surface area contributed by atoms with Gasteiger partial charge in [-0.2, -0.15) is 0 Å². The van der Waals surface area contributed by atoms with Crippen molar-refractivity contribution < 1.29 is 19.1 Å². The van der Waals surface area contributed by atoms with Crippen LogP contribution in [0.2, 0.25) is 0 Å². The second-order valence-corrected chi connectivity index (χ2v) is 6.91. The molecule has 0 bridgehead atoms. The third-order valence-electron chi connectivity index (χ3n) is 5.00. The molecule has 1 aliphatic rings. The first-order chi connectivity index (χ1) is 14.6. The molecule has 0 aliphatic carbocycles. The number of imidazole rings is 1. The van der Waals surface area contributed by atoms with E-state index in [1.165, 1.54) is 29.2 Å². The summed E-state index contributed by atoms with van der Waals surface area (Å²) in [6.45, 7) is 0.917. The molecular formula is C22H19FN4O3. The number of carbonyl (C=O) groups is 2. The Morgan fingerprint density at radius 1 is 1.07 bits per heavy atom. The number of ketones is 1. The number of Topliss-reactive ketones (excluding diaryl/α,β-unsaturated/α-hetero) is 1. The maximum Gasteiger partial charge on any atom is 0.295 e. The molecule has 7 nitrogen and oxygen atoms in total. The van der Waals surface area contributed by atoms with Gasteiger partial charge in [-0.15, -0.1) is 0 Å². The van der Waals surface area contributed by atoms with E-state index in [1.54, 1.807) is 36.9 Å². The number of benzene rings is 1. The van der Waals surface area contributed by atoms with Crippen molar-refractivity contribution in [2.24, 2.45) is 0 Å². The number of likely N-dealkylation sites (tertiary alicyclic amines) is 1. The number of carbonyl (C=O) groups excluding carboxylic acids is 2. The molecule has 0 spiro atoms. The molecule has 1 saturated heterocycles. The van der Waals surface area contributed by atoms with Crippen LogP contribution in [0, 0.1) is 5.82 Å². The van der Waals surface area contributed by atoms with Crippen molar-refractivity contribution in [3.8, 4) is 0 Å². The minimum Gasteiger partial charge on any atom is -0.507 e. The maximum atomic E-state index is 13.3. The van der Waals surface area contributed by atoms with E-state index in [0.717, 1.165) is 0 Å². The molecule has 1 aliphatic heterocycles. The molecule has 4 rings (SSSR count). The van der Waals surface area contributed by atoms with Gasteiger partial charge < -0.3 is 14.6 Å². The van der Waals surface area contributed by atoms with E-state index in [2.05, 4.69) is 9.97 Å². The number of hydrogen-bond donors (Lipinski definition) is 1. The molecule has 2 aromatic heterocycles. The van der Waals surface area contributed by atoms with Crippen molar-refractivity contribution in [2.45, 2.75) is 19.0 Å². The molecule has 0 radical (unpaired) electrons. The Morgan fingerprint density at radius 3 is 2.53 bits per heavy atom. The molecule has 152 valence electrons. The first-order valence-corrected chi connectivity index (χ1v) is 9.47. The number of halogens is 1. The zero-order valence-electron chi connectivity index (χ0n) is 16.0. The highest BCUT2D eigenvalue weighted by atomic mass is 19.1. The molecule has 3 aromatic rings. The Balaban J connectivity index is 1.71. The summed E-state index contributed by atoms with van der Waals surface area (Å²) in [4.78, 5) is 35.4. The van der Waals surface area contributed by atoms with Crippen LogP contribution >= 0.6 is 0 Å². The second kappa shape index (κ2) is 8.28. The molecule has 1 N–H and O–H groups in total. The average molecular weight is 406 g/mol. The zero-order chi connectivity index (χ0) is 21.1. The molecule has 1 atom stereocenters. The highest BCUT2D eigenvalue weighted by Crippen LogP contribution is 2.38. The van der Waals surface area contributed by atoms with Crippen LogP contribution in [-0.2, 0) is 16.1 Å². The van der Waals surface area contributed by atoms with Crippen molar-refractivity contribution in [3.63, 3.8) is 0 Å². The number of rotatable bonds is 6. The van der Waals surface area contributed by atoms with E-state index in [4.69, 9.17) is 0 Å². The minimum atomic E-state index is -0.820. The monoisotopic (exact) mass is 406 g/mol. The fourth-order valence-electron chi connectivity index (χ4n) is 3.56. The van der Waals surface area contributed by atoms with Crippen molar-refractivity contribution >= 4 is 17.4 Å². The molecular weight excluding hydrogens is 387 g/mol. The molecule has 1 aromatic carbocycles. The van der Waals surface area contributed by atoms with E-state index in [0.29, 0.717) is 25.2 Å². The number of nitrogens with zero attached hydrogens (tertiary/aromatic N) is 4. The van der Waals surface area contributed by atoms with Crippen LogP contribution in [0.15, 0.2) is 73.0 Å². The number of aryl methyl sites for hydroxylation is 1.